The number of aromatic nitrogens is 1. The van der Waals surface area contributed by atoms with Gasteiger partial charge in [0, 0.05) is 55.3 Å². The molecule has 2 aromatic rings. The molecule has 0 atom stereocenters. The number of thiazole rings is 1. The number of rotatable bonds is 6. The molecule has 4 rings (SSSR count). The van der Waals surface area contributed by atoms with E-state index in [-0.39, 0.29) is 18.4 Å². The predicted molar refractivity (Wildman–Crippen MR) is 114 cm³/mol. The van der Waals surface area contributed by atoms with Gasteiger partial charge < -0.3 is 10.6 Å². The third kappa shape index (κ3) is 4.84. The van der Waals surface area contributed by atoms with Crippen LogP contribution >= 0.6 is 23.1 Å². The summed E-state index contributed by atoms with van der Waals surface area (Å²) in [4.78, 5) is 32.6. The van der Waals surface area contributed by atoms with E-state index in [4.69, 9.17) is 0 Å². The minimum Gasteiger partial charge on any atom is -0.336 e. The number of amides is 3. The number of hydrogen-bond acceptors (Lipinski definition) is 6. The summed E-state index contributed by atoms with van der Waals surface area (Å²) in [5, 5.41) is 8.20. The fraction of sp³-hybridized carbons (Fsp3) is 0.421. The second-order valence-electron chi connectivity index (χ2n) is 6.82. The van der Waals surface area contributed by atoms with E-state index < -0.39 is 0 Å². The van der Waals surface area contributed by atoms with Crippen molar-refractivity contribution in [1.29, 1.82) is 0 Å². The van der Waals surface area contributed by atoms with E-state index in [2.05, 4.69) is 26.6 Å². The molecule has 0 saturated carbocycles. The Hall–Kier alpha value is -2.10. The van der Waals surface area contributed by atoms with Crippen molar-refractivity contribution in [2.75, 3.05) is 47.9 Å². The van der Waals surface area contributed by atoms with Crippen LogP contribution in [0.4, 0.5) is 15.6 Å². The molecule has 7 nitrogen and oxygen atoms in total. The van der Waals surface area contributed by atoms with Gasteiger partial charge in [-0.25, -0.2) is 9.78 Å². The van der Waals surface area contributed by atoms with Gasteiger partial charge in [-0.3, -0.25) is 14.6 Å². The largest absolute Gasteiger partial charge is 0.336 e. The SMILES string of the molecule is O=C(Cc1csc(N2CCNC2=O)n1)Nc1cccc(CN2CCSCC2)c1. The first-order valence-corrected chi connectivity index (χ1v) is 11.4. The topological polar surface area (TPSA) is 77.6 Å². The van der Waals surface area contributed by atoms with Crippen molar-refractivity contribution in [3.8, 4) is 0 Å². The van der Waals surface area contributed by atoms with Gasteiger partial charge in [0.2, 0.25) is 5.91 Å². The summed E-state index contributed by atoms with van der Waals surface area (Å²) in [5.41, 5.74) is 2.70. The summed E-state index contributed by atoms with van der Waals surface area (Å²) < 4.78 is 0. The molecule has 28 heavy (non-hydrogen) atoms. The van der Waals surface area contributed by atoms with Crippen LogP contribution in [0.3, 0.4) is 0 Å². The van der Waals surface area contributed by atoms with E-state index in [1.165, 1.54) is 28.4 Å². The predicted octanol–water partition coefficient (Wildman–Crippen LogP) is 2.40. The smallest absolute Gasteiger partial charge is 0.323 e. The molecular weight excluding hydrogens is 394 g/mol. The van der Waals surface area contributed by atoms with Crippen LogP contribution in [0.1, 0.15) is 11.3 Å². The number of nitrogens with one attached hydrogen (secondary N) is 2. The first-order chi connectivity index (χ1) is 13.7. The third-order valence-electron chi connectivity index (χ3n) is 4.69. The number of hydrogen-bond donors (Lipinski definition) is 2. The quantitative estimate of drug-likeness (QED) is 0.755. The summed E-state index contributed by atoms with van der Waals surface area (Å²) in [6.07, 6.45) is 0.194. The molecule has 1 aromatic heterocycles. The maximum atomic E-state index is 12.4. The summed E-state index contributed by atoms with van der Waals surface area (Å²) in [6, 6.07) is 7.91. The van der Waals surface area contributed by atoms with Gasteiger partial charge in [-0.1, -0.05) is 12.1 Å². The third-order valence-corrected chi connectivity index (χ3v) is 6.54. The molecule has 1 aromatic carbocycles. The minimum absolute atomic E-state index is 0.103. The molecule has 148 valence electrons. The zero-order chi connectivity index (χ0) is 19.3. The van der Waals surface area contributed by atoms with Crippen molar-refractivity contribution in [2.24, 2.45) is 0 Å². The van der Waals surface area contributed by atoms with E-state index in [0.717, 1.165) is 25.3 Å². The van der Waals surface area contributed by atoms with Crippen molar-refractivity contribution in [1.82, 2.24) is 15.2 Å². The second-order valence-corrected chi connectivity index (χ2v) is 8.88. The molecule has 2 fully saturated rings. The van der Waals surface area contributed by atoms with Gasteiger partial charge in [0.25, 0.3) is 0 Å². The van der Waals surface area contributed by atoms with Crippen molar-refractivity contribution in [3.63, 3.8) is 0 Å². The Kier molecular flexibility index (Phi) is 6.13. The van der Waals surface area contributed by atoms with E-state index in [1.54, 1.807) is 4.90 Å². The molecule has 2 aliphatic heterocycles. The number of urea groups is 1. The average molecular weight is 418 g/mol. The molecule has 0 radical (unpaired) electrons. The Morgan fingerprint density at radius 2 is 2.11 bits per heavy atom. The Labute approximate surface area is 172 Å². The van der Waals surface area contributed by atoms with Crippen LogP contribution in [0.5, 0.6) is 0 Å². The zero-order valence-corrected chi connectivity index (χ0v) is 17.2. The molecule has 2 N–H and O–H groups in total. The summed E-state index contributed by atoms with van der Waals surface area (Å²) in [7, 11) is 0. The first-order valence-electron chi connectivity index (χ1n) is 9.36. The molecule has 2 aliphatic rings. The number of anilines is 2. The summed E-state index contributed by atoms with van der Waals surface area (Å²) in [5.74, 6) is 2.27. The lowest BCUT2D eigenvalue weighted by atomic mass is 10.2. The number of carbonyl (C=O) groups is 2. The van der Waals surface area contributed by atoms with E-state index in [1.807, 2.05) is 35.3 Å². The molecule has 0 bridgehead atoms. The van der Waals surface area contributed by atoms with Crippen molar-refractivity contribution < 1.29 is 9.59 Å². The normalized spacial score (nSPS) is 17.6. The Morgan fingerprint density at radius 1 is 1.25 bits per heavy atom. The number of nitrogens with zero attached hydrogens (tertiary/aromatic N) is 3. The Morgan fingerprint density at radius 3 is 2.89 bits per heavy atom. The average Bonchev–Trinajstić information content (AvgIpc) is 3.31. The van der Waals surface area contributed by atoms with E-state index in [0.29, 0.717) is 23.9 Å². The van der Waals surface area contributed by atoms with Crippen LogP contribution in [0, 0.1) is 0 Å². The lowest BCUT2D eigenvalue weighted by Crippen LogP contribution is -2.31. The maximum Gasteiger partial charge on any atom is 0.323 e. The molecule has 0 spiro atoms. The van der Waals surface area contributed by atoms with Gasteiger partial charge in [-0.15, -0.1) is 11.3 Å². The fourth-order valence-electron chi connectivity index (χ4n) is 3.29. The van der Waals surface area contributed by atoms with Crippen LogP contribution in [0.25, 0.3) is 0 Å². The summed E-state index contributed by atoms with van der Waals surface area (Å²) in [6.45, 7) is 4.38. The van der Waals surface area contributed by atoms with Crippen LogP contribution in [-0.4, -0.2) is 59.5 Å². The maximum absolute atomic E-state index is 12.4. The van der Waals surface area contributed by atoms with Gasteiger partial charge >= 0.3 is 6.03 Å². The highest BCUT2D eigenvalue weighted by Crippen LogP contribution is 2.22. The van der Waals surface area contributed by atoms with Crippen LogP contribution < -0.4 is 15.5 Å². The second kappa shape index (κ2) is 8.93. The highest BCUT2D eigenvalue weighted by Gasteiger charge is 2.24. The fourth-order valence-corrected chi connectivity index (χ4v) is 5.12. The number of carbonyl (C=O) groups excluding carboxylic acids is 2. The molecule has 3 amide bonds. The first kappa shape index (κ1) is 19.2. The van der Waals surface area contributed by atoms with Crippen molar-refractivity contribution in [3.05, 3.63) is 40.9 Å². The van der Waals surface area contributed by atoms with Crippen molar-refractivity contribution in [2.45, 2.75) is 13.0 Å². The molecule has 0 aliphatic carbocycles. The van der Waals surface area contributed by atoms with Crippen molar-refractivity contribution >= 4 is 45.9 Å². The monoisotopic (exact) mass is 417 g/mol. The molecular formula is C19H23N5O2S2. The van der Waals surface area contributed by atoms with Gasteiger partial charge in [-0.2, -0.15) is 11.8 Å². The van der Waals surface area contributed by atoms with Gasteiger partial charge in [0.15, 0.2) is 5.13 Å². The van der Waals surface area contributed by atoms with E-state index >= 15 is 0 Å². The minimum atomic E-state index is -0.130. The van der Waals surface area contributed by atoms with Gasteiger partial charge in [0.1, 0.15) is 0 Å². The number of benzene rings is 1. The highest BCUT2D eigenvalue weighted by molar-refractivity contribution is 7.99. The van der Waals surface area contributed by atoms with Gasteiger partial charge in [0.05, 0.1) is 12.1 Å². The lowest BCUT2D eigenvalue weighted by molar-refractivity contribution is -0.115. The zero-order valence-electron chi connectivity index (χ0n) is 15.5. The molecule has 2 saturated heterocycles. The molecule has 3 heterocycles. The molecule has 9 heteroatoms. The standard InChI is InChI=1S/C19H23N5O2S2/c25-17(11-16-13-28-19(22-16)24-5-4-20-18(24)26)21-15-3-1-2-14(10-15)12-23-6-8-27-9-7-23/h1-3,10,13H,4-9,11-12H2,(H,20,26)(H,21,25). The summed E-state index contributed by atoms with van der Waals surface area (Å²) >= 11 is 3.39. The van der Waals surface area contributed by atoms with Crippen LogP contribution in [0.15, 0.2) is 29.6 Å². The Balaban J connectivity index is 1.33. The number of thioether (sulfide) groups is 1. The lowest BCUT2D eigenvalue weighted by Gasteiger charge is -2.26. The van der Waals surface area contributed by atoms with Crippen LogP contribution in [-0.2, 0) is 17.8 Å². The van der Waals surface area contributed by atoms with Crippen LogP contribution in [0.2, 0.25) is 0 Å². The highest BCUT2D eigenvalue weighted by atomic mass is 32.2. The van der Waals surface area contributed by atoms with Gasteiger partial charge in [-0.05, 0) is 17.7 Å². The molecule has 0 unspecified atom stereocenters. The van der Waals surface area contributed by atoms with E-state index in [9.17, 15) is 9.59 Å². The Bertz CT molecular complexity index is 850.